The van der Waals surface area contributed by atoms with Gasteiger partial charge in [0.15, 0.2) is 5.65 Å². The molecule has 0 saturated heterocycles. The second kappa shape index (κ2) is 8.19. The minimum Gasteiger partial charge on any atom is -0.330 e. The Hall–Kier alpha value is -4.13. The van der Waals surface area contributed by atoms with Crippen LogP contribution in [-0.2, 0) is 13.1 Å². The molecule has 3 heterocycles. The molecule has 0 unspecified atom stereocenters. The van der Waals surface area contributed by atoms with Crippen LogP contribution in [-0.4, -0.2) is 35.8 Å². The summed E-state index contributed by atoms with van der Waals surface area (Å²) in [6.45, 7) is 4.84. The predicted octanol–water partition coefficient (Wildman–Crippen LogP) is 4.13. The Labute approximate surface area is 185 Å². The molecule has 5 aromatic rings. The van der Waals surface area contributed by atoms with Crippen molar-refractivity contribution >= 4 is 22.5 Å². The Morgan fingerprint density at radius 3 is 2.66 bits per heavy atom. The molecule has 0 aliphatic heterocycles. The van der Waals surface area contributed by atoms with Gasteiger partial charge in [-0.15, -0.1) is 5.10 Å². The van der Waals surface area contributed by atoms with E-state index in [0.29, 0.717) is 24.3 Å². The highest BCUT2D eigenvalue weighted by Crippen LogP contribution is 2.23. The van der Waals surface area contributed by atoms with Crippen molar-refractivity contribution in [1.82, 2.24) is 29.9 Å². The highest BCUT2D eigenvalue weighted by Gasteiger charge is 2.20. The second-order valence-electron chi connectivity index (χ2n) is 8.04. The van der Waals surface area contributed by atoms with Crippen LogP contribution in [0, 0.1) is 13.8 Å². The van der Waals surface area contributed by atoms with Crippen LogP contribution in [0.5, 0.6) is 0 Å². The highest BCUT2D eigenvalue weighted by molar-refractivity contribution is 5.94. The smallest absolute Gasteiger partial charge is 0.254 e. The number of hydrogen-bond donors (Lipinski definition) is 0. The fourth-order valence-electron chi connectivity index (χ4n) is 3.98. The molecule has 0 saturated carbocycles. The Morgan fingerprint density at radius 1 is 0.969 bits per heavy atom. The van der Waals surface area contributed by atoms with Crippen molar-refractivity contribution in [3.05, 3.63) is 101 Å². The minimum absolute atomic E-state index is 0.0486. The summed E-state index contributed by atoms with van der Waals surface area (Å²) in [5, 5.41) is 13.4. The summed E-state index contributed by atoms with van der Waals surface area (Å²) < 4.78 is 1.74. The number of benzene rings is 2. The summed E-state index contributed by atoms with van der Waals surface area (Å²) >= 11 is 0. The van der Waals surface area contributed by atoms with E-state index in [1.807, 2.05) is 60.4 Å². The molecule has 0 aliphatic carbocycles. The molecule has 0 atom stereocenters. The van der Waals surface area contributed by atoms with Gasteiger partial charge in [-0.3, -0.25) is 9.78 Å². The van der Waals surface area contributed by atoms with E-state index in [9.17, 15) is 4.79 Å². The standard InChI is InChI=1S/C25H22N6O/c1-17-5-3-7-20(11-17)25(32)30(15-19-6-4-10-26-14-19)16-22-13-21-12-18(2)8-9-23(21)31-24(22)27-28-29-31/h3-14H,15-16H2,1-2H3. The lowest BCUT2D eigenvalue weighted by atomic mass is 10.1. The number of amides is 1. The lowest BCUT2D eigenvalue weighted by Gasteiger charge is -2.23. The first-order valence-corrected chi connectivity index (χ1v) is 10.4. The van der Waals surface area contributed by atoms with Crippen molar-refractivity contribution in [3.63, 3.8) is 0 Å². The fraction of sp³-hybridized carbons (Fsp3) is 0.160. The Morgan fingerprint density at radius 2 is 1.84 bits per heavy atom. The fourth-order valence-corrected chi connectivity index (χ4v) is 3.98. The molecule has 0 spiro atoms. The van der Waals surface area contributed by atoms with E-state index in [4.69, 9.17) is 0 Å². The van der Waals surface area contributed by atoms with E-state index in [0.717, 1.165) is 33.2 Å². The zero-order chi connectivity index (χ0) is 22.1. The van der Waals surface area contributed by atoms with E-state index >= 15 is 0 Å². The van der Waals surface area contributed by atoms with Gasteiger partial charge < -0.3 is 4.90 Å². The lowest BCUT2D eigenvalue weighted by molar-refractivity contribution is 0.0730. The second-order valence-corrected chi connectivity index (χ2v) is 8.04. The lowest BCUT2D eigenvalue weighted by Crippen LogP contribution is -2.30. The van der Waals surface area contributed by atoms with Crippen LogP contribution in [0.4, 0.5) is 0 Å². The molecule has 1 amide bonds. The molecule has 0 aliphatic rings. The monoisotopic (exact) mass is 422 g/mol. The molecule has 158 valence electrons. The maximum atomic E-state index is 13.5. The number of carbonyl (C=O) groups is 1. The van der Waals surface area contributed by atoms with Gasteiger partial charge in [0.25, 0.3) is 5.91 Å². The first kappa shape index (κ1) is 19.8. The maximum Gasteiger partial charge on any atom is 0.254 e. The molecule has 7 nitrogen and oxygen atoms in total. The summed E-state index contributed by atoms with van der Waals surface area (Å²) in [7, 11) is 0. The molecule has 5 rings (SSSR count). The van der Waals surface area contributed by atoms with Gasteiger partial charge >= 0.3 is 0 Å². The number of pyridine rings is 2. The van der Waals surface area contributed by atoms with E-state index in [-0.39, 0.29) is 5.91 Å². The number of hydrogen-bond acceptors (Lipinski definition) is 5. The van der Waals surface area contributed by atoms with Crippen LogP contribution in [0.25, 0.3) is 16.6 Å². The van der Waals surface area contributed by atoms with Crippen molar-refractivity contribution < 1.29 is 4.79 Å². The third kappa shape index (κ3) is 3.80. The Bertz CT molecular complexity index is 1430. The molecule has 0 fully saturated rings. The van der Waals surface area contributed by atoms with Crippen molar-refractivity contribution in [2.45, 2.75) is 26.9 Å². The molecule has 32 heavy (non-hydrogen) atoms. The Balaban J connectivity index is 1.59. The molecule has 2 aromatic carbocycles. The molecule has 3 aromatic heterocycles. The van der Waals surface area contributed by atoms with Crippen molar-refractivity contribution in [2.75, 3.05) is 0 Å². The molecular formula is C25H22N6O. The van der Waals surface area contributed by atoms with Gasteiger partial charge in [0.1, 0.15) is 0 Å². The summed E-state index contributed by atoms with van der Waals surface area (Å²) in [6, 6.07) is 19.7. The largest absolute Gasteiger partial charge is 0.330 e. The van der Waals surface area contributed by atoms with Crippen molar-refractivity contribution in [2.24, 2.45) is 0 Å². The number of aromatic nitrogens is 5. The zero-order valence-corrected chi connectivity index (χ0v) is 17.9. The van der Waals surface area contributed by atoms with Crippen molar-refractivity contribution in [1.29, 1.82) is 0 Å². The number of rotatable bonds is 5. The van der Waals surface area contributed by atoms with Gasteiger partial charge in [0, 0.05) is 35.5 Å². The summed E-state index contributed by atoms with van der Waals surface area (Å²) in [5.74, 6) is -0.0486. The van der Waals surface area contributed by atoms with Gasteiger partial charge in [-0.25, -0.2) is 0 Å². The normalized spacial score (nSPS) is 11.2. The highest BCUT2D eigenvalue weighted by atomic mass is 16.2. The number of tetrazole rings is 1. The molecule has 0 N–H and O–H groups in total. The molecular weight excluding hydrogens is 400 g/mol. The number of fused-ring (bicyclic) bond motifs is 3. The number of nitrogens with zero attached hydrogens (tertiary/aromatic N) is 6. The van der Waals surface area contributed by atoms with Gasteiger partial charge in [-0.1, -0.05) is 35.4 Å². The third-order valence-electron chi connectivity index (χ3n) is 5.51. The predicted molar refractivity (Wildman–Crippen MR) is 122 cm³/mol. The third-order valence-corrected chi connectivity index (χ3v) is 5.51. The first-order valence-electron chi connectivity index (χ1n) is 10.4. The van der Waals surface area contributed by atoms with Crippen LogP contribution >= 0.6 is 0 Å². The first-order chi connectivity index (χ1) is 15.6. The summed E-state index contributed by atoms with van der Waals surface area (Å²) in [4.78, 5) is 19.6. The Kier molecular flexibility index (Phi) is 5.07. The quantitative estimate of drug-likeness (QED) is 0.426. The van der Waals surface area contributed by atoms with E-state index in [1.54, 1.807) is 16.9 Å². The van der Waals surface area contributed by atoms with Gasteiger partial charge in [-0.2, -0.15) is 4.52 Å². The summed E-state index contributed by atoms with van der Waals surface area (Å²) in [6.07, 6.45) is 3.52. The molecule has 0 radical (unpaired) electrons. The molecule has 7 heteroatoms. The topological polar surface area (TPSA) is 76.3 Å². The van der Waals surface area contributed by atoms with E-state index in [1.165, 1.54) is 0 Å². The number of aryl methyl sites for hydroxylation is 2. The average molecular weight is 422 g/mol. The maximum absolute atomic E-state index is 13.5. The summed E-state index contributed by atoms with van der Waals surface area (Å²) in [5.41, 5.74) is 6.28. The number of carbonyl (C=O) groups excluding carboxylic acids is 1. The van der Waals surface area contributed by atoms with Gasteiger partial charge in [0.05, 0.1) is 12.1 Å². The van der Waals surface area contributed by atoms with Gasteiger partial charge in [0.2, 0.25) is 0 Å². The van der Waals surface area contributed by atoms with Crippen LogP contribution < -0.4 is 0 Å². The molecule has 0 bridgehead atoms. The van der Waals surface area contributed by atoms with Crippen LogP contribution in [0.3, 0.4) is 0 Å². The van der Waals surface area contributed by atoms with E-state index < -0.39 is 0 Å². The van der Waals surface area contributed by atoms with Gasteiger partial charge in [-0.05, 0) is 66.2 Å². The average Bonchev–Trinajstić information content (AvgIpc) is 3.29. The minimum atomic E-state index is -0.0486. The zero-order valence-electron chi connectivity index (χ0n) is 17.9. The van der Waals surface area contributed by atoms with Crippen molar-refractivity contribution in [3.8, 4) is 0 Å². The van der Waals surface area contributed by atoms with Crippen LogP contribution in [0.1, 0.15) is 32.6 Å². The van der Waals surface area contributed by atoms with Crippen LogP contribution in [0.15, 0.2) is 73.1 Å². The van der Waals surface area contributed by atoms with Crippen LogP contribution in [0.2, 0.25) is 0 Å². The SMILES string of the molecule is Cc1cccc(C(=O)N(Cc2cccnc2)Cc2cc3cc(C)ccc3n3nnnc23)c1. The van der Waals surface area contributed by atoms with E-state index in [2.05, 4.69) is 39.6 Å².